The van der Waals surface area contributed by atoms with Gasteiger partial charge in [0.25, 0.3) is 0 Å². The van der Waals surface area contributed by atoms with Crippen LogP contribution in [-0.4, -0.2) is 16.0 Å². The molecule has 1 aliphatic carbocycles. The van der Waals surface area contributed by atoms with Crippen LogP contribution in [0.25, 0.3) is 22.2 Å². The predicted octanol–water partition coefficient (Wildman–Crippen LogP) is 5.01. The van der Waals surface area contributed by atoms with Crippen molar-refractivity contribution in [3.63, 3.8) is 0 Å². The Morgan fingerprint density at radius 2 is 2.12 bits per heavy atom. The highest BCUT2D eigenvalue weighted by Gasteiger charge is 2.23. The molecule has 0 saturated heterocycles. The summed E-state index contributed by atoms with van der Waals surface area (Å²) in [5, 5.41) is 1.46. The van der Waals surface area contributed by atoms with Gasteiger partial charge in [0.15, 0.2) is 0 Å². The second-order valence-corrected chi connectivity index (χ2v) is 7.01. The second kappa shape index (κ2) is 6.19. The maximum absolute atomic E-state index is 13.6. The highest BCUT2D eigenvalue weighted by Crippen LogP contribution is 2.38. The van der Waals surface area contributed by atoms with Gasteiger partial charge in [0.05, 0.1) is 5.02 Å². The molecule has 4 rings (SSSR count). The van der Waals surface area contributed by atoms with Gasteiger partial charge in [-0.1, -0.05) is 30.2 Å². The third-order valence-corrected chi connectivity index (χ3v) is 5.19. The number of aromatic nitrogens is 2. The quantitative estimate of drug-likeness (QED) is 0.687. The maximum atomic E-state index is 13.6. The van der Waals surface area contributed by atoms with E-state index in [4.69, 9.17) is 17.3 Å². The normalized spacial score (nSPS) is 21.3. The Bertz CT molecular complexity index is 889. The Labute approximate surface area is 145 Å². The highest BCUT2D eigenvalue weighted by molar-refractivity contribution is 6.34. The van der Waals surface area contributed by atoms with Crippen molar-refractivity contribution in [2.75, 3.05) is 0 Å². The molecule has 0 bridgehead atoms. The van der Waals surface area contributed by atoms with Crippen LogP contribution in [0.15, 0.2) is 36.5 Å². The lowest BCUT2D eigenvalue weighted by Gasteiger charge is -2.25. The van der Waals surface area contributed by atoms with Gasteiger partial charge < -0.3 is 10.7 Å². The van der Waals surface area contributed by atoms with Gasteiger partial charge in [0.1, 0.15) is 11.5 Å². The zero-order valence-electron chi connectivity index (χ0n) is 13.2. The van der Waals surface area contributed by atoms with E-state index in [1.807, 2.05) is 6.07 Å². The first-order chi connectivity index (χ1) is 11.6. The molecule has 0 aliphatic heterocycles. The number of halogens is 2. The van der Waals surface area contributed by atoms with Crippen LogP contribution >= 0.6 is 11.6 Å². The summed E-state index contributed by atoms with van der Waals surface area (Å²) in [5.41, 5.74) is 9.64. The lowest BCUT2D eigenvalue weighted by atomic mass is 9.84. The Hall–Kier alpha value is -1.91. The van der Waals surface area contributed by atoms with Gasteiger partial charge in [-0.05, 0) is 43.0 Å². The van der Waals surface area contributed by atoms with Crippen molar-refractivity contribution < 1.29 is 4.39 Å². The molecular formula is C19H19ClFN3. The summed E-state index contributed by atoms with van der Waals surface area (Å²) >= 11 is 6.39. The van der Waals surface area contributed by atoms with E-state index in [1.54, 1.807) is 12.3 Å². The number of nitrogens with two attached hydrogens (primary N) is 1. The summed E-state index contributed by atoms with van der Waals surface area (Å²) in [6, 6.07) is 8.87. The van der Waals surface area contributed by atoms with Crippen LogP contribution in [0.2, 0.25) is 5.02 Å². The van der Waals surface area contributed by atoms with Crippen LogP contribution < -0.4 is 5.73 Å². The number of aromatic amines is 1. The summed E-state index contributed by atoms with van der Waals surface area (Å²) in [6.07, 6.45) is 5.97. The van der Waals surface area contributed by atoms with Gasteiger partial charge in [0.2, 0.25) is 0 Å². The summed E-state index contributed by atoms with van der Waals surface area (Å²) in [5.74, 6) is 0.143. The number of nitrogens with one attached hydrogen (secondary N) is 1. The number of hydrogen-bond donors (Lipinski definition) is 2. The van der Waals surface area contributed by atoms with E-state index in [-0.39, 0.29) is 11.9 Å². The molecule has 2 atom stereocenters. The molecule has 3 aromatic rings. The molecule has 1 aromatic carbocycles. The number of fused-ring (bicyclic) bond motifs is 1. The van der Waals surface area contributed by atoms with E-state index in [0.29, 0.717) is 10.9 Å². The number of benzene rings is 1. The van der Waals surface area contributed by atoms with E-state index >= 15 is 0 Å². The first-order valence-corrected chi connectivity index (χ1v) is 8.68. The van der Waals surface area contributed by atoms with Crippen molar-refractivity contribution in [2.45, 2.75) is 37.6 Å². The van der Waals surface area contributed by atoms with E-state index < -0.39 is 0 Å². The number of pyridine rings is 1. The first kappa shape index (κ1) is 15.6. The van der Waals surface area contributed by atoms with Crippen LogP contribution in [0.4, 0.5) is 4.39 Å². The standard InChI is InChI=1S/C19H19ClFN3/c20-16-10-23-19-15(18(16)12-4-1-5-13(21)7-12)9-17(24-19)11-3-2-6-14(22)8-11/h1,4-5,7,9-11,14H,2-3,6,8,22H2,(H,23,24)/t11-,14-/m1/s1. The Morgan fingerprint density at radius 3 is 2.92 bits per heavy atom. The summed E-state index contributed by atoms with van der Waals surface area (Å²) < 4.78 is 13.6. The molecule has 3 nitrogen and oxygen atoms in total. The fourth-order valence-corrected chi connectivity index (χ4v) is 4.00. The average Bonchev–Trinajstić information content (AvgIpc) is 2.99. The van der Waals surface area contributed by atoms with Gasteiger partial charge in [-0.15, -0.1) is 0 Å². The molecule has 24 heavy (non-hydrogen) atoms. The van der Waals surface area contributed by atoms with Crippen molar-refractivity contribution >= 4 is 22.6 Å². The van der Waals surface area contributed by atoms with Crippen molar-refractivity contribution in [2.24, 2.45) is 5.73 Å². The first-order valence-electron chi connectivity index (χ1n) is 8.30. The minimum absolute atomic E-state index is 0.259. The van der Waals surface area contributed by atoms with Crippen LogP contribution in [0.1, 0.15) is 37.3 Å². The average molecular weight is 344 g/mol. The van der Waals surface area contributed by atoms with Crippen LogP contribution in [0.5, 0.6) is 0 Å². The van der Waals surface area contributed by atoms with Crippen molar-refractivity contribution in [3.05, 3.63) is 53.1 Å². The molecule has 3 N–H and O–H groups in total. The molecule has 2 heterocycles. The smallest absolute Gasteiger partial charge is 0.138 e. The van der Waals surface area contributed by atoms with E-state index in [2.05, 4.69) is 16.0 Å². The SMILES string of the molecule is N[C@@H]1CCC[C@@H](c2cc3c(-c4cccc(F)c4)c(Cl)cnc3[nH]2)C1. The molecular weight excluding hydrogens is 325 g/mol. The second-order valence-electron chi connectivity index (χ2n) is 6.60. The largest absolute Gasteiger partial charge is 0.343 e. The van der Waals surface area contributed by atoms with Crippen molar-refractivity contribution in [1.82, 2.24) is 9.97 Å². The number of rotatable bonds is 2. The summed E-state index contributed by atoms with van der Waals surface area (Å²) in [6.45, 7) is 0. The Morgan fingerprint density at radius 1 is 1.25 bits per heavy atom. The van der Waals surface area contributed by atoms with Gasteiger partial charge in [-0.3, -0.25) is 0 Å². The maximum Gasteiger partial charge on any atom is 0.138 e. The van der Waals surface area contributed by atoms with Crippen molar-refractivity contribution in [3.8, 4) is 11.1 Å². The number of nitrogens with zero attached hydrogens (tertiary/aromatic N) is 1. The Balaban J connectivity index is 1.83. The zero-order chi connectivity index (χ0) is 16.7. The molecule has 124 valence electrons. The van der Waals surface area contributed by atoms with E-state index in [1.165, 1.54) is 12.1 Å². The molecule has 1 fully saturated rings. The lowest BCUT2D eigenvalue weighted by Crippen LogP contribution is -2.26. The fraction of sp³-hybridized carbons (Fsp3) is 0.316. The monoisotopic (exact) mass is 343 g/mol. The third-order valence-electron chi connectivity index (χ3n) is 4.90. The lowest BCUT2D eigenvalue weighted by molar-refractivity contribution is 0.389. The minimum Gasteiger partial charge on any atom is -0.343 e. The zero-order valence-corrected chi connectivity index (χ0v) is 14.0. The van der Waals surface area contributed by atoms with E-state index in [0.717, 1.165) is 53.5 Å². The van der Waals surface area contributed by atoms with E-state index in [9.17, 15) is 4.39 Å². The van der Waals surface area contributed by atoms with Gasteiger partial charge in [-0.2, -0.15) is 0 Å². The number of hydrogen-bond acceptors (Lipinski definition) is 2. The highest BCUT2D eigenvalue weighted by atomic mass is 35.5. The molecule has 2 aromatic heterocycles. The topological polar surface area (TPSA) is 54.7 Å². The Kier molecular flexibility index (Phi) is 4.02. The molecule has 5 heteroatoms. The molecule has 0 unspecified atom stereocenters. The number of H-pyrrole nitrogens is 1. The predicted molar refractivity (Wildman–Crippen MR) is 95.7 cm³/mol. The van der Waals surface area contributed by atoms with Gasteiger partial charge in [-0.25, -0.2) is 9.37 Å². The van der Waals surface area contributed by atoms with Gasteiger partial charge in [0, 0.05) is 34.8 Å². The summed E-state index contributed by atoms with van der Waals surface area (Å²) in [7, 11) is 0. The van der Waals surface area contributed by atoms with Gasteiger partial charge >= 0.3 is 0 Å². The third kappa shape index (κ3) is 2.80. The molecule has 1 aliphatic rings. The molecule has 0 spiro atoms. The summed E-state index contributed by atoms with van der Waals surface area (Å²) in [4.78, 5) is 7.83. The van der Waals surface area contributed by atoms with Crippen LogP contribution in [0.3, 0.4) is 0 Å². The molecule has 1 saturated carbocycles. The molecule has 0 radical (unpaired) electrons. The van der Waals surface area contributed by atoms with Crippen molar-refractivity contribution in [1.29, 1.82) is 0 Å². The van der Waals surface area contributed by atoms with Crippen LogP contribution in [-0.2, 0) is 0 Å². The fourth-order valence-electron chi connectivity index (χ4n) is 3.74. The van der Waals surface area contributed by atoms with Crippen LogP contribution in [0, 0.1) is 5.82 Å². The molecule has 0 amide bonds. The minimum atomic E-state index is -0.275.